The number of alkyl halides is 3. The quantitative estimate of drug-likeness (QED) is 0.584. The molecule has 0 atom stereocenters. The van der Waals surface area contributed by atoms with E-state index >= 15 is 0 Å². The molecule has 0 radical (unpaired) electrons. The van der Waals surface area contributed by atoms with Gasteiger partial charge in [0.25, 0.3) is 0 Å². The van der Waals surface area contributed by atoms with Gasteiger partial charge in [0.05, 0.1) is 12.3 Å². The smallest absolute Gasteiger partial charge is 0.355 e. The Labute approximate surface area is 152 Å². The maximum Gasteiger partial charge on any atom is 0.401 e. The third kappa shape index (κ3) is 11.1. The van der Waals surface area contributed by atoms with Gasteiger partial charge in [-0.3, -0.25) is 9.69 Å². The summed E-state index contributed by atoms with van der Waals surface area (Å²) >= 11 is 0. The standard InChI is InChI=1S/C17H25F3N2O3S/c1-22(14-17(18,19)20)11-6-10-21-16(23)13-26(24,25)12-5-9-15-7-3-2-4-8-15/h2-4,7-8H,5-6,9-14H2,1H3,(H,21,23). The monoisotopic (exact) mass is 394 g/mol. The van der Waals surface area contributed by atoms with Gasteiger partial charge in [0.2, 0.25) is 5.91 Å². The maximum absolute atomic E-state index is 12.2. The Bertz CT molecular complexity index is 649. The summed E-state index contributed by atoms with van der Waals surface area (Å²) in [5, 5.41) is 2.44. The Kier molecular flexibility index (Phi) is 9.07. The van der Waals surface area contributed by atoms with Crippen LogP contribution in [0.3, 0.4) is 0 Å². The van der Waals surface area contributed by atoms with Gasteiger partial charge in [-0.25, -0.2) is 8.42 Å². The number of sulfone groups is 1. The number of benzene rings is 1. The molecule has 0 aromatic heterocycles. The van der Waals surface area contributed by atoms with Gasteiger partial charge < -0.3 is 5.32 Å². The van der Waals surface area contributed by atoms with Gasteiger partial charge in [0.1, 0.15) is 5.75 Å². The summed E-state index contributed by atoms with van der Waals surface area (Å²) in [6.07, 6.45) is -2.90. The lowest BCUT2D eigenvalue weighted by Gasteiger charge is -2.18. The molecule has 0 spiro atoms. The molecule has 0 fully saturated rings. The van der Waals surface area contributed by atoms with Crippen molar-refractivity contribution in [1.29, 1.82) is 0 Å². The predicted octanol–water partition coefficient (Wildman–Crippen LogP) is 2.03. The van der Waals surface area contributed by atoms with Crippen molar-refractivity contribution in [1.82, 2.24) is 10.2 Å². The van der Waals surface area contributed by atoms with E-state index in [0.29, 0.717) is 19.3 Å². The van der Waals surface area contributed by atoms with Crippen LogP contribution in [0.2, 0.25) is 0 Å². The Morgan fingerprint density at radius 2 is 1.81 bits per heavy atom. The lowest BCUT2D eigenvalue weighted by Crippen LogP contribution is -2.35. The van der Waals surface area contributed by atoms with Crippen LogP contribution < -0.4 is 5.32 Å². The molecular formula is C17H25F3N2O3S. The zero-order chi connectivity index (χ0) is 19.6. The number of rotatable bonds is 11. The molecule has 1 aromatic carbocycles. The normalized spacial score (nSPS) is 12.3. The van der Waals surface area contributed by atoms with Crippen LogP contribution in [0.25, 0.3) is 0 Å². The molecule has 1 N–H and O–H groups in total. The number of hydrogen-bond acceptors (Lipinski definition) is 4. The van der Waals surface area contributed by atoms with Crippen molar-refractivity contribution in [3.63, 3.8) is 0 Å². The molecule has 0 saturated carbocycles. The summed E-state index contributed by atoms with van der Waals surface area (Å²) in [6.45, 7) is -0.721. The fourth-order valence-electron chi connectivity index (χ4n) is 2.43. The Balaban J connectivity index is 2.20. The van der Waals surface area contributed by atoms with E-state index < -0.39 is 34.2 Å². The molecule has 1 rings (SSSR count). The fourth-order valence-corrected chi connectivity index (χ4v) is 3.66. The number of halogens is 3. The molecule has 0 unspecified atom stereocenters. The number of amides is 1. The summed E-state index contributed by atoms with van der Waals surface area (Å²) in [5.74, 6) is -1.30. The van der Waals surface area contributed by atoms with Gasteiger partial charge in [-0.15, -0.1) is 0 Å². The second-order valence-electron chi connectivity index (χ2n) is 6.24. The van der Waals surface area contributed by atoms with E-state index in [0.717, 1.165) is 10.5 Å². The molecule has 26 heavy (non-hydrogen) atoms. The first-order valence-corrected chi connectivity index (χ1v) is 10.2. The minimum atomic E-state index is -4.26. The van der Waals surface area contributed by atoms with Crippen molar-refractivity contribution in [3.05, 3.63) is 35.9 Å². The molecule has 148 valence electrons. The minimum Gasteiger partial charge on any atom is -0.355 e. The van der Waals surface area contributed by atoms with Crippen molar-refractivity contribution in [2.75, 3.05) is 38.2 Å². The molecule has 5 nitrogen and oxygen atoms in total. The van der Waals surface area contributed by atoms with Crippen LogP contribution in [0, 0.1) is 0 Å². The number of nitrogens with one attached hydrogen (secondary N) is 1. The van der Waals surface area contributed by atoms with Gasteiger partial charge in [-0.05, 0) is 38.4 Å². The highest BCUT2D eigenvalue weighted by Crippen LogP contribution is 2.15. The molecule has 0 aliphatic rings. The third-order valence-electron chi connectivity index (χ3n) is 3.60. The van der Waals surface area contributed by atoms with Crippen molar-refractivity contribution in [3.8, 4) is 0 Å². The molecule has 1 amide bonds. The molecule has 0 heterocycles. The minimum absolute atomic E-state index is 0.0797. The second kappa shape index (κ2) is 10.5. The first-order valence-electron chi connectivity index (χ1n) is 8.34. The molecular weight excluding hydrogens is 369 g/mol. The van der Waals surface area contributed by atoms with E-state index in [1.165, 1.54) is 7.05 Å². The average Bonchev–Trinajstić information content (AvgIpc) is 2.50. The number of nitrogens with zero attached hydrogens (tertiary/aromatic N) is 1. The van der Waals surface area contributed by atoms with E-state index in [9.17, 15) is 26.4 Å². The zero-order valence-electron chi connectivity index (χ0n) is 14.8. The lowest BCUT2D eigenvalue weighted by molar-refractivity contribution is -0.143. The van der Waals surface area contributed by atoms with Crippen molar-refractivity contribution in [2.45, 2.75) is 25.4 Å². The van der Waals surface area contributed by atoms with Crippen LogP contribution in [0.1, 0.15) is 18.4 Å². The van der Waals surface area contributed by atoms with Gasteiger partial charge in [0.15, 0.2) is 9.84 Å². The topological polar surface area (TPSA) is 66.5 Å². The first kappa shape index (κ1) is 22.4. The van der Waals surface area contributed by atoms with Gasteiger partial charge in [-0.2, -0.15) is 13.2 Å². The maximum atomic E-state index is 12.2. The number of aryl methyl sites for hydroxylation is 1. The summed E-state index contributed by atoms with van der Waals surface area (Å²) in [4.78, 5) is 12.8. The molecule has 1 aromatic rings. The zero-order valence-corrected chi connectivity index (χ0v) is 15.6. The van der Waals surface area contributed by atoms with Crippen LogP contribution >= 0.6 is 0 Å². The number of hydrogen-bond donors (Lipinski definition) is 1. The van der Waals surface area contributed by atoms with Gasteiger partial charge in [-0.1, -0.05) is 30.3 Å². The summed E-state index contributed by atoms with van der Waals surface area (Å²) in [5.41, 5.74) is 1.04. The molecule has 0 aliphatic heterocycles. The SMILES string of the molecule is CN(CCCNC(=O)CS(=O)(=O)CCCc1ccccc1)CC(F)(F)F. The Morgan fingerprint density at radius 1 is 1.15 bits per heavy atom. The highest BCUT2D eigenvalue weighted by molar-refractivity contribution is 7.92. The third-order valence-corrected chi connectivity index (χ3v) is 5.22. The van der Waals surface area contributed by atoms with E-state index in [2.05, 4.69) is 5.32 Å². The molecule has 0 saturated heterocycles. The molecule has 0 aliphatic carbocycles. The van der Waals surface area contributed by atoms with Gasteiger partial charge in [0, 0.05) is 6.54 Å². The summed E-state index contributed by atoms with van der Waals surface area (Å²) < 4.78 is 60.4. The first-order chi connectivity index (χ1) is 12.1. The highest BCUT2D eigenvalue weighted by Gasteiger charge is 2.28. The van der Waals surface area contributed by atoms with E-state index in [1.807, 2.05) is 30.3 Å². The summed E-state index contributed by atoms with van der Waals surface area (Å²) in [6, 6.07) is 9.46. The number of carbonyl (C=O) groups is 1. The van der Waals surface area contributed by atoms with Gasteiger partial charge >= 0.3 is 6.18 Å². The summed E-state index contributed by atoms with van der Waals surface area (Å²) in [7, 11) is -2.16. The second-order valence-corrected chi connectivity index (χ2v) is 8.42. The van der Waals surface area contributed by atoms with Crippen LogP contribution in [-0.2, 0) is 21.1 Å². The van der Waals surface area contributed by atoms with Crippen LogP contribution in [0.5, 0.6) is 0 Å². The van der Waals surface area contributed by atoms with Crippen LogP contribution in [0.4, 0.5) is 13.2 Å². The van der Waals surface area contributed by atoms with Crippen LogP contribution in [-0.4, -0.2) is 63.6 Å². The fraction of sp³-hybridized carbons (Fsp3) is 0.588. The number of carbonyl (C=O) groups excluding carboxylic acids is 1. The molecule has 9 heteroatoms. The largest absolute Gasteiger partial charge is 0.401 e. The molecule has 0 bridgehead atoms. The Morgan fingerprint density at radius 3 is 2.42 bits per heavy atom. The van der Waals surface area contributed by atoms with Crippen molar-refractivity contribution in [2.24, 2.45) is 0 Å². The van der Waals surface area contributed by atoms with E-state index in [4.69, 9.17) is 0 Å². The van der Waals surface area contributed by atoms with E-state index in [-0.39, 0.29) is 18.8 Å². The average molecular weight is 394 g/mol. The van der Waals surface area contributed by atoms with Crippen molar-refractivity contribution >= 4 is 15.7 Å². The highest BCUT2D eigenvalue weighted by atomic mass is 32.2. The van der Waals surface area contributed by atoms with E-state index in [1.54, 1.807) is 0 Å². The van der Waals surface area contributed by atoms with Crippen LogP contribution in [0.15, 0.2) is 30.3 Å². The lowest BCUT2D eigenvalue weighted by atomic mass is 10.1. The van der Waals surface area contributed by atoms with Crippen molar-refractivity contribution < 1.29 is 26.4 Å². The predicted molar refractivity (Wildman–Crippen MR) is 94.6 cm³/mol. The Hall–Kier alpha value is -1.61.